The highest BCUT2D eigenvalue weighted by Crippen LogP contribution is 2.33. The normalized spacial score (nSPS) is 18.9. The number of nitrogens with one attached hydrogen (secondary N) is 1. The van der Waals surface area contributed by atoms with E-state index in [0.29, 0.717) is 0 Å². The van der Waals surface area contributed by atoms with Crippen LogP contribution in [-0.2, 0) is 6.54 Å². The predicted octanol–water partition coefficient (Wildman–Crippen LogP) is 3.44. The van der Waals surface area contributed by atoms with Crippen LogP contribution in [0.5, 0.6) is 0 Å². The van der Waals surface area contributed by atoms with Crippen LogP contribution in [0.1, 0.15) is 26.0 Å². The smallest absolute Gasteiger partial charge is 0.0726 e. The lowest BCUT2D eigenvalue weighted by atomic mass is 9.95. The van der Waals surface area contributed by atoms with Crippen LogP contribution in [-0.4, -0.2) is 25.1 Å². The number of hydrogen-bond acceptors (Lipinski definition) is 3. The van der Waals surface area contributed by atoms with Crippen molar-refractivity contribution in [2.24, 2.45) is 11.8 Å². The topological polar surface area (TPSA) is 28.2 Å². The first-order valence-electron chi connectivity index (χ1n) is 7.97. The number of pyridine rings is 1. The fourth-order valence-corrected chi connectivity index (χ4v) is 3.29. The summed E-state index contributed by atoms with van der Waals surface area (Å²) in [6.45, 7) is 7.83. The number of hydrogen-bond donors (Lipinski definition) is 1. The quantitative estimate of drug-likeness (QED) is 0.931. The number of rotatable bonds is 4. The molecule has 1 aromatic carbocycles. The molecule has 2 aromatic rings. The van der Waals surface area contributed by atoms with Crippen molar-refractivity contribution < 1.29 is 0 Å². The number of nitrogens with zero attached hydrogens (tertiary/aromatic N) is 2. The van der Waals surface area contributed by atoms with E-state index < -0.39 is 0 Å². The third-order valence-corrected chi connectivity index (χ3v) is 4.61. The van der Waals surface area contributed by atoms with E-state index in [1.807, 2.05) is 7.05 Å². The van der Waals surface area contributed by atoms with Crippen molar-refractivity contribution >= 4 is 16.6 Å². The van der Waals surface area contributed by atoms with Crippen LogP contribution >= 0.6 is 0 Å². The van der Waals surface area contributed by atoms with E-state index in [1.54, 1.807) is 0 Å². The first-order chi connectivity index (χ1) is 10.2. The van der Waals surface area contributed by atoms with E-state index >= 15 is 0 Å². The second-order valence-electron chi connectivity index (χ2n) is 6.42. The molecule has 1 aromatic heterocycles. The Morgan fingerprint density at radius 1 is 1.33 bits per heavy atom. The Bertz CT molecular complexity index is 621. The maximum absolute atomic E-state index is 4.76. The molecule has 1 aliphatic heterocycles. The fourth-order valence-electron chi connectivity index (χ4n) is 3.29. The Morgan fingerprint density at radius 3 is 2.86 bits per heavy atom. The summed E-state index contributed by atoms with van der Waals surface area (Å²) in [4.78, 5) is 7.31. The van der Waals surface area contributed by atoms with E-state index in [1.165, 1.54) is 24.0 Å². The summed E-state index contributed by atoms with van der Waals surface area (Å²) in [6, 6.07) is 10.8. The summed E-state index contributed by atoms with van der Waals surface area (Å²) in [5.74, 6) is 1.57. The van der Waals surface area contributed by atoms with Crippen molar-refractivity contribution in [1.82, 2.24) is 10.3 Å². The fraction of sp³-hybridized carbons (Fsp3) is 0.500. The Morgan fingerprint density at radius 2 is 2.14 bits per heavy atom. The molecule has 3 nitrogen and oxygen atoms in total. The van der Waals surface area contributed by atoms with E-state index in [0.717, 1.165) is 36.1 Å². The minimum atomic E-state index is 0.764. The Labute approximate surface area is 127 Å². The van der Waals surface area contributed by atoms with Gasteiger partial charge in [0.2, 0.25) is 0 Å². The number of fused-ring (bicyclic) bond motifs is 1. The maximum Gasteiger partial charge on any atom is 0.0726 e. The Kier molecular flexibility index (Phi) is 4.11. The largest absolute Gasteiger partial charge is 0.371 e. The molecule has 1 saturated heterocycles. The molecule has 1 N–H and O–H groups in total. The minimum absolute atomic E-state index is 0.764. The van der Waals surface area contributed by atoms with Crippen LogP contribution in [0.15, 0.2) is 30.3 Å². The molecule has 112 valence electrons. The van der Waals surface area contributed by atoms with Crippen molar-refractivity contribution in [3.63, 3.8) is 0 Å². The number of aromatic nitrogens is 1. The minimum Gasteiger partial charge on any atom is -0.371 e. The third kappa shape index (κ3) is 2.88. The van der Waals surface area contributed by atoms with Gasteiger partial charge in [-0.3, -0.25) is 4.98 Å². The Hall–Kier alpha value is -1.61. The van der Waals surface area contributed by atoms with Crippen molar-refractivity contribution in [3.05, 3.63) is 36.0 Å². The zero-order valence-corrected chi connectivity index (χ0v) is 13.3. The number of benzene rings is 1. The van der Waals surface area contributed by atoms with Crippen LogP contribution in [0, 0.1) is 11.8 Å². The van der Waals surface area contributed by atoms with Gasteiger partial charge >= 0.3 is 0 Å². The monoisotopic (exact) mass is 283 g/mol. The first kappa shape index (κ1) is 14.3. The summed E-state index contributed by atoms with van der Waals surface area (Å²) in [6.07, 6.45) is 1.30. The van der Waals surface area contributed by atoms with Gasteiger partial charge in [-0.25, -0.2) is 0 Å². The lowest BCUT2D eigenvalue weighted by Gasteiger charge is -2.22. The lowest BCUT2D eigenvalue weighted by Crippen LogP contribution is -2.22. The molecule has 3 heteroatoms. The zero-order chi connectivity index (χ0) is 14.8. The van der Waals surface area contributed by atoms with Gasteiger partial charge in [-0.2, -0.15) is 0 Å². The van der Waals surface area contributed by atoms with Gasteiger partial charge < -0.3 is 10.2 Å². The summed E-state index contributed by atoms with van der Waals surface area (Å²) >= 11 is 0. The molecule has 1 aliphatic rings. The van der Waals surface area contributed by atoms with Gasteiger partial charge in [0.05, 0.1) is 11.2 Å². The van der Waals surface area contributed by atoms with Crippen LogP contribution in [0.2, 0.25) is 0 Å². The van der Waals surface area contributed by atoms with Crippen molar-refractivity contribution in [2.45, 2.75) is 26.8 Å². The molecule has 1 atom stereocenters. The van der Waals surface area contributed by atoms with Gasteiger partial charge in [0.15, 0.2) is 0 Å². The van der Waals surface area contributed by atoms with Gasteiger partial charge in [0.25, 0.3) is 0 Å². The van der Waals surface area contributed by atoms with Crippen LogP contribution in [0.3, 0.4) is 0 Å². The summed E-state index contributed by atoms with van der Waals surface area (Å²) in [5.41, 5.74) is 3.58. The molecule has 2 heterocycles. The molecule has 1 fully saturated rings. The standard InChI is InChI=1S/C18H25N3/c1-13(2)14-8-9-21(12-14)18-10-15(11-19-3)20-17-7-5-4-6-16(17)18/h4-7,10,13-14,19H,8-9,11-12H2,1-3H3. The zero-order valence-electron chi connectivity index (χ0n) is 13.3. The second-order valence-corrected chi connectivity index (χ2v) is 6.42. The van der Waals surface area contributed by atoms with Gasteiger partial charge in [-0.05, 0) is 37.4 Å². The molecule has 3 rings (SSSR count). The molecule has 21 heavy (non-hydrogen) atoms. The highest BCUT2D eigenvalue weighted by atomic mass is 15.2. The van der Waals surface area contributed by atoms with E-state index in [2.05, 4.69) is 54.4 Å². The van der Waals surface area contributed by atoms with E-state index in [9.17, 15) is 0 Å². The van der Waals surface area contributed by atoms with Gasteiger partial charge in [-0.1, -0.05) is 32.0 Å². The molecule has 0 bridgehead atoms. The first-order valence-corrected chi connectivity index (χ1v) is 7.97. The van der Waals surface area contributed by atoms with Crippen molar-refractivity contribution in [1.29, 1.82) is 0 Å². The van der Waals surface area contributed by atoms with E-state index in [-0.39, 0.29) is 0 Å². The molecule has 0 radical (unpaired) electrons. The van der Waals surface area contributed by atoms with Crippen LogP contribution in [0.25, 0.3) is 10.9 Å². The average molecular weight is 283 g/mol. The van der Waals surface area contributed by atoms with Gasteiger partial charge in [0, 0.05) is 30.7 Å². The SMILES string of the molecule is CNCc1cc(N2CCC(C(C)C)C2)c2ccccc2n1. The summed E-state index contributed by atoms with van der Waals surface area (Å²) < 4.78 is 0. The van der Waals surface area contributed by atoms with Gasteiger partial charge in [-0.15, -0.1) is 0 Å². The molecular weight excluding hydrogens is 258 g/mol. The van der Waals surface area contributed by atoms with E-state index in [4.69, 9.17) is 4.98 Å². The third-order valence-electron chi connectivity index (χ3n) is 4.61. The molecular formula is C18H25N3. The highest BCUT2D eigenvalue weighted by Gasteiger charge is 2.26. The molecule has 0 aliphatic carbocycles. The lowest BCUT2D eigenvalue weighted by molar-refractivity contribution is 0.423. The van der Waals surface area contributed by atoms with Crippen molar-refractivity contribution in [3.8, 4) is 0 Å². The number of anilines is 1. The molecule has 0 spiro atoms. The average Bonchev–Trinajstić information content (AvgIpc) is 2.96. The van der Waals surface area contributed by atoms with Crippen LogP contribution in [0.4, 0.5) is 5.69 Å². The summed E-state index contributed by atoms with van der Waals surface area (Å²) in [5, 5.41) is 4.49. The molecule has 1 unspecified atom stereocenters. The molecule has 0 saturated carbocycles. The maximum atomic E-state index is 4.76. The summed E-state index contributed by atoms with van der Waals surface area (Å²) in [7, 11) is 1.97. The second kappa shape index (κ2) is 6.02. The molecule has 0 amide bonds. The Balaban J connectivity index is 2.00. The highest BCUT2D eigenvalue weighted by molar-refractivity contribution is 5.92. The van der Waals surface area contributed by atoms with Crippen LogP contribution < -0.4 is 10.2 Å². The number of para-hydroxylation sites is 1. The van der Waals surface area contributed by atoms with Gasteiger partial charge in [0.1, 0.15) is 0 Å². The van der Waals surface area contributed by atoms with Crippen molar-refractivity contribution in [2.75, 3.05) is 25.0 Å². The predicted molar refractivity (Wildman–Crippen MR) is 89.7 cm³/mol.